The summed E-state index contributed by atoms with van der Waals surface area (Å²) in [6.45, 7) is 9.42. The first-order valence-corrected chi connectivity index (χ1v) is 10.6. The number of unbranched alkanes of at least 4 members (excludes halogenated alkanes) is 1. The van der Waals surface area contributed by atoms with Crippen molar-refractivity contribution < 1.29 is 18.7 Å². The van der Waals surface area contributed by atoms with Crippen LogP contribution in [0, 0.1) is 12.7 Å². The smallest absolute Gasteiger partial charge is 0.347 e. The fraction of sp³-hybridized carbons (Fsp3) is 0.400. The third-order valence-electron chi connectivity index (χ3n) is 5.63. The Morgan fingerprint density at radius 2 is 1.97 bits per heavy atom. The van der Waals surface area contributed by atoms with E-state index in [-0.39, 0.29) is 16.9 Å². The molecule has 160 valence electrons. The molecule has 0 saturated carbocycles. The molecule has 2 aromatic carbocycles. The summed E-state index contributed by atoms with van der Waals surface area (Å²) in [6.07, 6.45) is 4.48. The second-order valence-electron chi connectivity index (χ2n) is 7.61. The van der Waals surface area contributed by atoms with Gasteiger partial charge in [-0.1, -0.05) is 37.6 Å². The summed E-state index contributed by atoms with van der Waals surface area (Å²) in [5.74, 6) is -0.0223. The molecule has 4 nitrogen and oxygen atoms in total. The lowest BCUT2D eigenvalue weighted by Crippen LogP contribution is -2.31. The molecule has 0 fully saturated rings. The van der Waals surface area contributed by atoms with E-state index in [0.717, 1.165) is 30.6 Å². The second kappa shape index (κ2) is 9.79. The maximum Gasteiger partial charge on any atom is 0.347 e. The predicted octanol–water partition coefficient (Wildman–Crippen LogP) is 5.81. The summed E-state index contributed by atoms with van der Waals surface area (Å²) in [4.78, 5) is 15.2. The van der Waals surface area contributed by atoms with Crippen molar-refractivity contribution in [2.75, 3.05) is 13.2 Å². The highest BCUT2D eigenvalue weighted by Crippen LogP contribution is 2.38. The predicted molar refractivity (Wildman–Crippen MR) is 116 cm³/mol. The average Bonchev–Trinajstić information content (AvgIpc) is 2.77. The van der Waals surface area contributed by atoms with E-state index in [0.29, 0.717) is 36.6 Å². The van der Waals surface area contributed by atoms with Crippen LogP contribution in [0.2, 0.25) is 0 Å². The minimum absolute atomic E-state index is 0.197. The molecule has 0 aromatic heterocycles. The Labute approximate surface area is 178 Å². The molecule has 0 bridgehead atoms. The van der Waals surface area contributed by atoms with Crippen LogP contribution in [-0.2, 0) is 13.0 Å². The first kappa shape index (κ1) is 21.9. The van der Waals surface area contributed by atoms with E-state index >= 15 is 4.39 Å². The zero-order valence-electron chi connectivity index (χ0n) is 18.3. The summed E-state index contributed by atoms with van der Waals surface area (Å²) < 4.78 is 27.1. The fourth-order valence-electron chi connectivity index (χ4n) is 3.73. The summed E-state index contributed by atoms with van der Waals surface area (Å²) in [5.41, 5.74) is 2.99. The summed E-state index contributed by atoms with van der Waals surface area (Å²) >= 11 is 0. The van der Waals surface area contributed by atoms with E-state index in [1.54, 1.807) is 31.2 Å². The molecule has 0 aliphatic carbocycles. The van der Waals surface area contributed by atoms with Gasteiger partial charge in [0.25, 0.3) is 0 Å². The summed E-state index contributed by atoms with van der Waals surface area (Å²) in [5, 5.41) is 0. The molecule has 0 atom stereocenters. The number of allylic oxidation sites excluding steroid dienone is 2. The molecule has 0 radical (unpaired) electrons. The number of fused-ring (bicyclic) bond motifs is 1. The van der Waals surface area contributed by atoms with E-state index < -0.39 is 5.97 Å². The molecule has 3 rings (SSSR count). The first-order chi connectivity index (χ1) is 14.5. The number of hydrogen-bond donors (Lipinski definition) is 0. The molecule has 0 spiro atoms. The highest BCUT2D eigenvalue weighted by Gasteiger charge is 2.31. The number of para-hydroxylation sites is 1. The lowest BCUT2D eigenvalue weighted by Gasteiger charge is -2.33. The van der Waals surface area contributed by atoms with Crippen LogP contribution in [-0.4, -0.2) is 24.0 Å². The Hall–Kier alpha value is -2.82. The van der Waals surface area contributed by atoms with Gasteiger partial charge in [0, 0.05) is 35.5 Å². The van der Waals surface area contributed by atoms with E-state index in [2.05, 4.69) is 11.8 Å². The van der Waals surface area contributed by atoms with Crippen molar-refractivity contribution in [3.63, 3.8) is 0 Å². The number of rotatable bonds is 7. The van der Waals surface area contributed by atoms with Gasteiger partial charge in [-0.15, -0.1) is 0 Å². The van der Waals surface area contributed by atoms with Gasteiger partial charge in [-0.3, -0.25) is 0 Å². The molecule has 1 aliphatic heterocycles. The Balaban J connectivity index is 2.05. The molecular formula is C25H30FNO3. The number of nitrogens with zero attached hydrogens (tertiary/aromatic N) is 1. The fourth-order valence-corrected chi connectivity index (χ4v) is 3.73. The molecule has 0 saturated heterocycles. The normalized spacial score (nSPS) is 13.8. The van der Waals surface area contributed by atoms with Gasteiger partial charge in [-0.25, -0.2) is 9.18 Å². The highest BCUT2D eigenvalue weighted by atomic mass is 19.1. The minimum atomic E-state index is -0.584. The molecule has 0 amide bonds. The topological polar surface area (TPSA) is 38.8 Å². The van der Waals surface area contributed by atoms with Crippen molar-refractivity contribution in [1.29, 1.82) is 0 Å². The number of esters is 1. The zero-order chi connectivity index (χ0) is 21.7. The van der Waals surface area contributed by atoms with Gasteiger partial charge in [0.2, 0.25) is 0 Å². The molecular weight excluding hydrogens is 381 g/mol. The van der Waals surface area contributed by atoms with Crippen molar-refractivity contribution in [3.8, 4) is 11.5 Å². The molecule has 0 N–H and O–H groups in total. The first-order valence-electron chi connectivity index (χ1n) is 10.6. The van der Waals surface area contributed by atoms with Crippen molar-refractivity contribution >= 4 is 5.97 Å². The lowest BCUT2D eigenvalue weighted by atomic mass is 9.91. The van der Waals surface area contributed by atoms with E-state index in [1.165, 1.54) is 0 Å². The van der Waals surface area contributed by atoms with Gasteiger partial charge in [0.1, 0.15) is 22.9 Å². The van der Waals surface area contributed by atoms with Gasteiger partial charge in [0.15, 0.2) is 0 Å². The maximum absolute atomic E-state index is 15.4. The van der Waals surface area contributed by atoms with Crippen LogP contribution in [0.5, 0.6) is 11.5 Å². The number of carbonyl (C=O) groups is 1. The number of ether oxygens (including phenoxy) is 2. The van der Waals surface area contributed by atoms with Gasteiger partial charge in [-0.2, -0.15) is 0 Å². The SMILES string of the molecule is C/C=C(/C)N1CCc2c(c(F)c(C)c(C(=O)Oc3ccccc3)c2OCCCC)C1. The third kappa shape index (κ3) is 4.50. The molecule has 2 aromatic rings. The minimum Gasteiger partial charge on any atom is -0.492 e. The van der Waals surface area contributed by atoms with Crippen LogP contribution in [0.3, 0.4) is 0 Å². The highest BCUT2D eigenvalue weighted by molar-refractivity contribution is 5.96. The van der Waals surface area contributed by atoms with Crippen molar-refractivity contribution in [2.45, 2.75) is 53.5 Å². The van der Waals surface area contributed by atoms with Gasteiger partial charge >= 0.3 is 5.97 Å². The van der Waals surface area contributed by atoms with Crippen LogP contribution in [0.15, 0.2) is 42.1 Å². The zero-order valence-corrected chi connectivity index (χ0v) is 18.3. The monoisotopic (exact) mass is 411 g/mol. The Morgan fingerprint density at radius 1 is 1.23 bits per heavy atom. The van der Waals surface area contributed by atoms with Crippen LogP contribution in [0.25, 0.3) is 0 Å². The van der Waals surface area contributed by atoms with E-state index in [1.807, 2.05) is 26.0 Å². The average molecular weight is 412 g/mol. The molecule has 0 unspecified atom stereocenters. The van der Waals surface area contributed by atoms with Crippen molar-refractivity contribution in [3.05, 3.63) is 70.2 Å². The maximum atomic E-state index is 15.4. The van der Waals surface area contributed by atoms with E-state index in [4.69, 9.17) is 9.47 Å². The molecule has 1 heterocycles. The van der Waals surface area contributed by atoms with Crippen LogP contribution in [0.4, 0.5) is 4.39 Å². The quantitative estimate of drug-likeness (QED) is 0.327. The lowest BCUT2D eigenvalue weighted by molar-refractivity contribution is 0.0728. The number of benzene rings is 2. The standard InChI is InChI=1S/C25H30FNO3/c1-5-7-15-29-24-20-13-14-27(17(3)6-2)16-21(20)23(26)18(4)22(24)25(28)30-19-11-9-8-10-12-19/h6,8-12H,5,7,13-16H2,1-4H3/b17-6-. The van der Waals surface area contributed by atoms with Crippen LogP contribution >= 0.6 is 0 Å². The van der Waals surface area contributed by atoms with Gasteiger partial charge < -0.3 is 14.4 Å². The van der Waals surface area contributed by atoms with Gasteiger partial charge in [0.05, 0.1) is 6.61 Å². The van der Waals surface area contributed by atoms with Crippen LogP contribution in [0.1, 0.15) is 60.7 Å². The van der Waals surface area contributed by atoms with Gasteiger partial charge in [-0.05, 0) is 45.7 Å². The largest absolute Gasteiger partial charge is 0.492 e. The molecule has 30 heavy (non-hydrogen) atoms. The Kier molecular flexibility index (Phi) is 7.14. The van der Waals surface area contributed by atoms with Crippen LogP contribution < -0.4 is 9.47 Å². The molecule has 5 heteroatoms. The third-order valence-corrected chi connectivity index (χ3v) is 5.63. The summed E-state index contributed by atoms with van der Waals surface area (Å²) in [7, 11) is 0. The second-order valence-corrected chi connectivity index (χ2v) is 7.61. The number of carbonyl (C=O) groups excluding carboxylic acids is 1. The van der Waals surface area contributed by atoms with Crippen molar-refractivity contribution in [1.82, 2.24) is 4.90 Å². The van der Waals surface area contributed by atoms with E-state index in [9.17, 15) is 4.79 Å². The number of hydrogen-bond acceptors (Lipinski definition) is 4. The molecule has 1 aliphatic rings. The van der Waals surface area contributed by atoms with Crippen molar-refractivity contribution in [2.24, 2.45) is 0 Å². The Bertz CT molecular complexity index is 937. The Morgan fingerprint density at radius 3 is 2.63 bits per heavy atom. The summed E-state index contributed by atoms with van der Waals surface area (Å²) in [6, 6.07) is 8.84. The number of halogens is 1.